The molecule has 0 aliphatic heterocycles. The molecule has 2 atom stereocenters. The number of carbonyl (C=O) groups is 1. The second-order valence-corrected chi connectivity index (χ2v) is 8.29. The van der Waals surface area contributed by atoms with Crippen LogP contribution in [0.15, 0.2) is 53.3 Å². The van der Waals surface area contributed by atoms with Gasteiger partial charge in [0, 0.05) is 10.6 Å². The fourth-order valence-electron chi connectivity index (χ4n) is 3.29. The average Bonchev–Trinajstić information content (AvgIpc) is 3.08. The highest BCUT2D eigenvalue weighted by atomic mass is 35.5. The van der Waals surface area contributed by atoms with Gasteiger partial charge in [0.05, 0.1) is 18.2 Å². The number of hydrogen-bond donors (Lipinski definition) is 2. The molecule has 0 bridgehead atoms. The second kappa shape index (κ2) is 10.3. The lowest BCUT2D eigenvalue weighted by Crippen LogP contribution is -2.38. The molecule has 0 radical (unpaired) electrons. The van der Waals surface area contributed by atoms with Crippen LogP contribution >= 0.6 is 11.6 Å². The van der Waals surface area contributed by atoms with Crippen LogP contribution in [-0.4, -0.2) is 37.6 Å². The van der Waals surface area contributed by atoms with Gasteiger partial charge in [-0.15, -0.1) is 5.10 Å². The van der Waals surface area contributed by atoms with Crippen molar-refractivity contribution in [3.05, 3.63) is 75.2 Å². The summed E-state index contributed by atoms with van der Waals surface area (Å²) in [7, 11) is 0. The van der Waals surface area contributed by atoms with Crippen molar-refractivity contribution in [1.29, 1.82) is 0 Å². The zero-order valence-electron chi connectivity index (χ0n) is 18.4. The fraction of sp³-hybridized carbons (Fsp3) is 0.318. The molecule has 7 nitrogen and oxygen atoms in total. The van der Waals surface area contributed by atoms with Gasteiger partial charge in [-0.2, -0.15) is 26.3 Å². The van der Waals surface area contributed by atoms with Crippen LogP contribution in [0.5, 0.6) is 0 Å². The molecule has 0 saturated heterocycles. The third-order valence-corrected chi connectivity index (χ3v) is 5.40. The Morgan fingerprint density at radius 3 is 2.33 bits per heavy atom. The molecule has 2 aromatic carbocycles. The van der Waals surface area contributed by atoms with E-state index in [9.17, 15) is 41.0 Å². The zero-order valence-corrected chi connectivity index (χ0v) is 19.2. The van der Waals surface area contributed by atoms with E-state index >= 15 is 0 Å². The Balaban J connectivity index is 1.86. The standard InChI is InChI=1S/C22H19ClF6N4O3/c1-12(14-3-2-4-15(9-14)21(24,25)26)30-18(35)11-33-20(36)32(10-17(34)22(27,28)29)19(31-33)13-5-7-16(23)8-6-13/h2-9,12,17,34H,10-11H2,1H3,(H,30,35)/t12?,17-/m0/s1. The number of aliphatic hydroxyl groups is 1. The Morgan fingerprint density at radius 2 is 1.75 bits per heavy atom. The van der Waals surface area contributed by atoms with Crippen LogP contribution in [0, 0.1) is 0 Å². The summed E-state index contributed by atoms with van der Waals surface area (Å²) in [5, 5.41) is 16.2. The average molecular weight is 537 g/mol. The van der Waals surface area contributed by atoms with Crippen molar-refractivity contribution < 1.29 is 36.2 Å². The number of halogens is 7. The third kappa shape index (κ3) is 6.46. The maximum Gasteiger partial charge on any atom is 0.416 e. The summed E-state index contributed by atoms with van der Waals surface area (Å²) in [5.41, 5.74) is -1.68. The van der Waals surface area contributed by atoms with E-state index in [1.54, 1.807) is 0 Å². The van der Waals surface area contributed by atoms with Gasteiger partial charge >= 0.3 is 18.0 Å². The molecule has 0 fully saturated rings. The Labute approximate surface area is 204 Å². The van der Waals surface area contributed by atoms with Gasteiger partial charge in [-0.25, -0.2) is 9.48 Å². The van der Waals surface area contributed by atoms with E-state index in [0.29, 0.717) is 14.3 Å². The molecular formula is C22H19ClF6N4O3. The maximum atomic E-state index is 13.0. The molecule has 0 spiro atoms. The van der Waals surface area contributed by atoms with E-state index in [2.05, 4.69) is 10.4 Å². The SMILES string of the molecule is CC(NC(=O)Cn1nc(-c2ccc(Cl)cc2)n(C[C@H](O)C(F)(F)F)c1=O)c1cccc(C(F)(F)F)c1. The van der Waals surface area contributed by atoms with Gasteiger partial charge in [0.1, 0.15) is 6.54 Å². The van der Waals surface area contributed by atoms with Gasteiger partial charge in [0.15, 0.2) is 11.9 Å². The number of amides is 1. The number of rotatable bonds is 7. The molecule has 3 aromatic rings. The highest BCUT2D eigenvalue weighted by molar-refractivity contribution is 6.30. The minimum Gasteiger partial charge on any atom is -0.382 e. The summed E-state index contributed by atoms with van der Waals surface area (Å²) in [4.78, 5) is 25.3. The first-order valence-electron chi connectivity index (χ1n) is 10.3. The van der Waals surface area contributed by atoms with Crippen LogP contribution in [0.4, 0.5) is 26.3 Å². The highest BCUT2D eigenvalue weighted by Gasteiger charge is 2.39. The molecule has 0 aliphatic carbocycles. The molecular weight excluding hydrogens is 518 g/mol. The smallest absolute Gasteiger partial charge is 0.382 e. The number of alkyl halides is 6. The van der Waals surface area contributed by atoms with Crippen LogP contribution in [-0.2, 0) is 24.1 Å². The summed E-state index contributed by atoms with van der Waals surface area (Å²) in [6, 6.07) is 9.00. The monoisotopic (exact) mass is 536 g/mol. The quantitative estimate of drug-likeness (QED) is 0.443. The largest absolute Gasteiger partial charge is 0.416 e. The van der Waals surface area contributed by atoms with E-state index in [4.69, 9.17) is 11.6 Å². The van der Waals surface area contributed by atoms with Crippen LogP contribution in [0.2, 0.25) is 5.02 Å². The molecule has 0 aliphatic rings. The molecule has 36 heavy (non-hydrogen) atoms. The van der Waals surface area contributed by atoms with Crippen LogP contribution < -0.4 is 11.0 Å². The van der Waals surface area contributed by atoms with E-state index in [-0.39, 0.29) is 17.0 Å². The normalized spacial score (nSPS) is 13.9. The molecule has 1 amide bonds. The van der Waals surface area contributed by atoms with Crippen molar-refractivity contribution in [2.45, 2.75) is 44.5 Å². The minimum atomic E-state index is -5.02. The molecule has 194 valence electrons. The van der Waals surface area contributed by atoms with E-state index in [1.165, 1.54) is 43.3 Å². The lowest BCUT2D eigenvalue weighted by molar-refractivity contribution is -0.207. The summed E-state index contributed by atoms with van der Waals surface area (Å²) >= 11 is 5.82. The second-order valence-electron chi connectivity index (χ2n) is 7.85. The van der Waals surface area contributed by atoms with Crippen molar-refractivity contribution in [1.82, 2.24) is 19.7 Å². The number of aromatic nitrogens is 3. The first-order valence-corrected chi connectivity index (χ1v) is 10.7. The molecule has 1 aromatic heterocycles. The Kier molecular flexibility index (Phi) is 7.84. The fourth-order valence-corrected chi connectivity index (χ4v) is 3.41. The van der Waals surface area contributed by atoms with Gasteiger partial charge in [0.25, 0.3) is 0 Å². The molecule has 1 heterocycles. The predicted octanol–water partition coefficient (Wildman–Crippen LogP) is 4.18. The molecule has 3 rings (SSSR count). The first-order chi connectivity index (χ1) is 16.7. The summed E-state index contributed by atoms with van der Waals surface area (Å²) < 4.78 is 78.9. The molecule has 1 unspecified atom stereocenters. The summed E-state index contributed by atoms with van der Waals surface area (Å²) in [6.45, 7) is -0.492. The van der Waals surface area contributed by atoms with E-state index in [0.717, 1.165) is 12.1 Å². The number of benzene rings is 2. The van der Waals surface area contributed by atoms with Gasteiger partial charge in [-0.1, -0.05) is 23.7 Å². The lowest BCUT2D eigenvalue weighted by atomic mass is 10.0. The summed E-state index contributed by atoms with van der Waals surface area (Å²) in [6.07, 6.45) is -12.5. The summed E-state index contributed by atoms with van der Waals surface area (Å²) in [5.74, 6) is -1.08. The van der Waals surface area contributed by atoms with E-state index in [1.807, 2.05) is 0 Å². The third-order valence-electron chi connectivity index (χ3n) is 5.14. The lowest BCUT2D eigenvalue weighted by Gasteiger charge is -2.16. The maximum absolute atomic E-state index is 13.0. The van der Waals surface area contributed by atoms with Crippen molar-refractivity contribution >= 4 is 17.5 Å². The van der Waals surface area contributed by atoms with Gasteiger partial charge in [0.2, 0.25) is 5.91 Å². The number of carbonyl (C=O) groups excluding carboxylic acids is 1. The Hall–Kier alpha value is -3.32. The molecule has 0 saturated carbocycles. The van der Waals surface area contributed by atoms with Gasteiger partial charge in [-0.3, -0.25) is 9.36 Å². The van der Waals surface area contributed by atoms with Crippen molar-refractivity contribution in [2.75, 3.05) is 0 Å². The topological polar surface area (TPSA) is 89.2 Å². The van der Waals surface area contributed by atoms with Gasteiger partial charge in [-0.05, 0) is 48.9 Å². The van der Waals surface area contributed by atoms with Crippen molar-refractivity contribution in [2.24, 2.45) is 0 Å². The number of nitrogens with one attached hydrogen (secondary N) is 1. The van der Waals surface area contributed by atoms with Crippen molar-refractivity contribution in [3.63, 3.8) is 0 Å². The van der Waals surface area contributed by atoms with E-state index < -0.39 is 54.7 Å². The molecule has 14 heteroatoms. The van der Waals surface area contributed by atoms with Crippen LogP contribution in [0.1, 0.15) is 24.1 Å². The van der Waals surface area contributed by atoms with Crippen molar-refractivity contribution in [3.8, 4) is 11.4 Å². The first kappa shape index (κ1) is 27.3. The Morgan fingerprint density at radius 1 is 1.11 bits per heavy atom. The van der Waals surface area contributed by atoms with Crippen LogP contribution in [0.3, 0.4) is 0 Å². The highest BCUT2D eigenvalue weighted by Crippen LogP contribution is 2.30. The minimum absolute atomic E-state index is 0.145. The molecule has 2 N–H and O–H groups in total. The number of aliphatic hydroxyl groups excluding tert-OH is 1. The van der Waals surface area contributed by atoms with Crippen LogP contribution in [0.25, 0.3) is 11.4 Å². The Bertz CT molecular complexity index is 1280. The van der Waals surface area contributed by atoms with Gasteiger partial charge < -0.3 is 10.4 Å². The number of nitrogens with zero attached hydrogens (tertiary/aromatic N) is 3. The zero-order chi connectivity index (χ0) is 26.8. The predicted molar refractivity (Wildman–Crippen MR) is 117 cm³/mol. The number of hydrogen-bond acceptors (Lipinski definition) is 4.